The van der Waals surface area contributed by atoms with Gasteiger partial charge >= 0.3 is 5.97 Å². The van der Waals surface area contributed by atoms with E-state index in [0.29, 0.717) is 15.4 Å². The number of thiazole rings is 1. The van der Waals surface area contributed by atoms with E-state index >= 15 is 0 Å². The van der Waals surface area contributed by atoms with Crippen LogP contribution in [0.2, 0.25) is 0 Å². The molecule has 9 heteroatoms. The fraction of sp³-hybridized carbons (Fsp3) is 0.250. The number of carbonyl (C=O) groups excluding carboxylic acids is 2. The summed E-state index contributed by atoms with van der Waals surface area (Å²) in [6.07, 6.45) is 0. The number of aromatic nitrogens is 1. The van der Waals surface area contributed by atoms with E-state index in [1.165, 1.54) is 24.3 Å². The third kappa shape index (κ3) is 4.58. The zero-order chi connectivity index (χ0) is 18.6. The van der Waals surface area contributed by atoms with Crippen molar-refractivity contribution < 1.29 is 18.7 Å². The Morgan fingerprint density at radius 2 is 2.00 bits per heavy atom. The lowest BCUT2D eigenvalue weighted by Crippen LogP contribution is -2.29. The van der Waals surface area contributed by atoms with Crippen molar-refractivity contribution in [1.82, 2.24) is 9.88 Å². The zero-order valence-corrected chi connectivity index (χ0v) is 15.5. The molecule has 0 saturated carbocycles. The molecule has 1 N–H and O–H groups in total. The quantitative estimate of drug-likeness (QED) is 0.654. The fourth-order valence-electron chi connectivity index (χ4n) is 1.90. The van der Waals surface area contributed by atoms with Gasteiger partial charge in [-0.3, -0.25) is 10.1 Å². The number of amides is 1. The van der Waals surface area contributed by atoms with Crippen LogP contribution in [0.5, 0.6) is 0 Å². The lowest BCUT2D eigenvalue weighted by atomic mass is 10.2. The van der Waals surface area contributed by atoms with E-state index < -0.39 is 17.7 Å². The number of rotatable bonds is 3. The highest BCUT2D eigenvalue weighted by Gasteiger charge is 2.16. The molecule has 0 aliphatic rings. The first-order valence-corrected chi connectivity index (χ1v) is 8.55. The second-order valence-corrected chi connectivity index (χ2v) is 6.32. The van der Waals surface area contributed by atoms with Crippen LogP contribution in [0.1, 0.15) is 32.6 Å². The Labute approximate surface area is 153 Å². The van der Waals surface area contributed by atoms with Crippen molar-refractivity contribution in [2.24, 2.45) is 12.0 Å². The first kappa shape index (κ1) is 18.9. The van der Waals surface area contributed by atoms with Crippen LogP contribution in [0.15, 0.2) is 29.3 Å². The van der Waals surface area contributed by atoms with Crippen molar-refractivity contribution in [3.63, 3.8) is 0 Å². The number of halogens is 1. The Balaban J connectivity index is 2.21. The Morgan fingerprint density at radius 3 is 2.60 bits per heavy atom. The molecule has 2 aromatic rings. The minimum atomic E-state index is -0.490. The van der Waals surface area contributed by atoms with Gasteiger partial charge in [0.15, 0.2) is 4.80 Å². The Kier molecular flexibility index (Phi) is 6.16. The maximum Gasteiger partial charge on any atom is 0.350 e. The van der Waals surface area contributed by atoms with Gasteiger partial charge in [-0.15, -0.1) is 0 Å². The van der Waals surface area contributed by atoms with Crippen molar-refractivity contribution >= 4 is 40.5 Å². The molecule has 132 valence electrons. The largest absolute Gasteiger partial charge is 0.462 e. The first-order valence-electron chi connectivity index (χ1n) is 7.32. The van der Waals surface area contributed by atoms with Crippen molar-refractivity contribution in [3.05, 3.63) is 51.0 Å². The number of nitrogens with zero attached hydrogens (tertiary/aromatic N) is 2. The number of thiocarbonyl (C=S) groups is 1. The summed E-state index contributed by atoms with van der Waals surface area (Å²) in [6.45, 7) is 3.77. The number of hydrogen-bond acceptors (Lipinski definition) is 5. The van der Waals surface area contributed by atoms with E-state index in [0.717, 1.165) is 11.3 Å². The molecule has 25 heavy (non-hydrogen) atoms. The van der Waals surface area contributed by atoms with Gasteiger partial charge in [0.05, 0.1) is 6.61 Å². The lowest BCUT2D eigenvalue weighted by molar-refractivity contribution is 0.0530. The molecule has 1 aromatic carbocycles. The van der Waals surface area contributed by atoms with Gasteiger partial charge in [-0.05, 0) is 50.3 Å². The van der Waals surface area contributed by atoms with Crippen LogP contribution in [0, 0.1) is 12.7 Å². The van der Waals surface area contributed by atoms with Gasteiger partial charge in [-0.2, -0.15) is 4.99 Å². The number of nitrogens with one attached hydrogen (secondary N) is 1. The topological polar surface area (TPSA) is 72.7 Å². The summed E-state index contributed by atoms with van der Waals surface area (Å²) in [5.41, 5.74) is 0.952. The average molecular weight is 381 g/mol. The summed E-state index contributed by atoms with van der Waals surface area (Å²) in [5.74, 6) is -1.35. The van der Waals surface area contributed by atoms with Gasteiger partial charge < -0.3 is 9.30 Å². The van der Waals surface area contributed by atoms with Crippen molar-refractivity contribution in [2.45, 2.75) is 13.8 Å². The van der Waals surface area contributed by atoms with Crippen LogP contribution in [-0.4, -0.2) is 28.2 Å². The fourth-order valence-corrected chi connectivity index (χ4v) is 3.16. The monoisotopic (exact) mass is 381 g/mol. The normalized spacial score (nSPS) is 11.3. The maximum absolute atomic E-state index is 12.9. The second-order valence-electron chi connectivity index (χ2n) is 4.96. The predicted molar refractivity (Wildman–Crippen MR) is 96.0 cm³/mol. The van der Waals surface area contributed by atoms with Gasteiger partial charge in [0, 0.05) is 18.3 Å². The van der Waals surface area contributed by atoms with Crippen LogP contribution in [0.3, 0.4) is 0 Å². The first-order chi connectivity index (χ1) is 11.8. The van der Waals surface area contributed by atoms with Gasteiger partial charge in [-0.1, -0.05) is 11.3 Å². The third-order valence-corrected chi connectivity index (χ3v) is 4.70. The van der Waals surface area contributed by atoms with E-state index in [-0.39, 0.29) is 17.3 Å². The van der Waals surface area contributed by atoms with Gasteiger partial charge in [0.2, 0.25) is 5.11 Å². The Bertz CT molecular complexity index is 885. The smallest absolute Gasteiger partial charge is 0.350 e. The molecule has 6 nitrogen and oxygen atoms in total. The van der Waals surface area contributed by atoms with Crippen LogP contribution >= 0.6 is 23.6 Å². The van der Waals surface area contributed by atoms with Gasteiger partial charge in [-0.25, -0.2) is 9.18 Å². The molecular weight excluding hydrogens is 365 g/mol. The predicted octanol–water partition coefficient (Wildman–Crippen LogP) is 2.33. The minimum Gasteiger partial charge on any atom is -0.462 e. The van der Waals surface area contributed by atoms with Gasteiger partial charge in [0.1, 0.15) is 10.7 Å². The molecule has 0 aliphatic heterocycles. The molecule has 1 amide bonds. The molecule has 2 rings (SSSR count). The average Bonchev–Trinajstić information content (AvgIpc) is 2.84. The maximum atomic E-state index is 12.9. The molecule has 1 heterocycles. The molecule has 1 aromatic heterocycles. The van der Waals surface area contributed by atoms with Crippen molar-refractivity contribution in [2.75, 3.05) is 6.61 Å². The van der Waals surface area contributed by atoms with E-state index in [1.54, 1.807) is 25.5 Å². The highest BCUT2D eigenvalue weighted by Crippen LogP contribution is 2.12. The molecule has 0 radical (unpaired) electrons. The minimum absolute atomic E-state index is 0.0541. The van der Waals surface area contributed by atoms with Crippen LogP contribution in [0.4, 0.5) is 4.39 Å². The van der Waals surface area contributed by atoms with Crippen LogP contribution < -0.4 is 10.1 Å². The van der Waals surface area contributed by atoms with E-state index in [4.69, 9.17) is 17.0 Å². The van der Waals surface area contributed by atoms with Crippen molar-refractivity contribution in [1.29, 1.82) is 0 Å². The number of ether oxygens (including phenoxy) is 1. The molecular formula is C16H16FN3O3S2. The zero-order valence-electron chi connectivity index (χ0n) is 13.8. The van der Waals surface area contributed by atoms with Gasteiger partial charge in [0.25, 0.3) is 5.91 Å². The Hall–Kier alpha value is -2.39. The van der Waals surface area contributed by atoms with E-state index in [1.807, 2.05) is 0 Å². The lowest BCUT2D eigenvalue weighted by Gasteiger charge is -2.02. The molecule has 0 spiro atoms. The Morgan fingerprint density at radius 1 is 1.36 bits per heavy atom. The molecule has 0 aliphatic carbocycles. The summed E-state index contributed by atoms with van der Waals surface area (Å²) >= 11 is 6.19. The highest BCUT2D eigenvalue weighted by molar-refractivity contribution is 7.80. The number of carbonyl (C=O) groups is 2. The van der Waals surface area contributed by atoms with Crippen LogP contribution in [0.25, 0.3) is 0 Å². The molecule has 0 saturated heterocycles. The molecule has 0 atom stereocenters. The number of hydrogen-bond donors (Lipinski definition) is 1. The molecule has 0 unspecified atom stereocenters. The molecule has 0 bridgehead atoms. The van der Waals surface area contributed by atoms with Crippen molar-refractivity contribution in [3.8, 4) is 0 Å². The summed E-state index contributed by atoms with van der Waals surface area (Å²) in [5, 5.41) is 2.40. The van der Waals surface area contributed by atoms with E-state index in [2.05, 4.69) is 10.3 Å². The summed E-state index contributed by atoms with van der Waals surface area (Å²) < 4.78 is 19.6. The molecule has 0 fully saturated rings. The summed E-state index contributed by atoms with van der Waals surface area (Å²) in [7, 11) is 1.73. The van der Waals surface area contributed by atoms with E-state index in [9.17, 15) is 14.0 Å². The number of benzene rings is 1. The third-order valence-electron chi connectivity index (χ3n) is 3.30. The highest BCUT2D eigenvalue weighted by atomic mass is 32.1. The summed E-state index contributed by atoms with van der Waals surface area (Å²) in [4.78, 5) is 29.0. The summed E-state index contributed by atoms with van der Waals surface area (Å²) in [6, 6.07) is 5.07. The SMILES string of the molecule is CCOC(=O)c1sc(=NC(=S)NC(=O)c2ccc(F)cc2)n(C)c1C. The standard InChI is InChI=1S/C16H16FN3O3S2/c1-4-23-14(22)12-9(2)20(3)16(25-12)19-15(24)18-13(21)10-5-7-11(17)8-6-10/h5-8H,4H2,1-3H3,(H,18,21,24). The van der Waals surface area contributed by atoms with Crippen LogP contribution in [-0.2, 0) is 11.8 Å². The second kappa shape index (κ2) is 8.13. The number of esters is 1.